The molecule has 140 valence electrons. The molecule has 7 nitrogen and oxygen atoms in total. The minimum atomic E-state index is -0.399. The summed E-state index contributed by atoms with van der Waals surface area (Å²) in [6, 6.07) is 18.3. The quantitative estimate of drug-likeness (QED) is 0.402. The third-order valence-electron chi connectivity index (χ3n) is 3.95. The van der Waals surface area contributed by atoms with Crippen LogP contribution in [0, 0.1) is 0 Å². The first-order valence-corrected chi connectivity index (χ1v) is 9.49. The maximum Gasteiger partial charge on any atom is 0.271 e. The van der Waals surface area contributed by atoms with Crippen LogP contribution in [0.5, 0.6) is 0 Å². The monoisotopic (exact) mass is 392 g/mol. The maximum absolute atomic E-state index is 12.5. The Kier molecular flexibility index (Phi) is 5.11. The Balaban J connectivity index is 1.34. The second-order valence-corrected chi connectivity index (χ2v) is 6.77. The van der Waals surface area contributed by atoms with Gasteiger partial charge in [0.25, 0.3) is 11.1 Å². The zero-order chi connectivity index (χ0) is 19.3. The summed E-state index contributed by atoms with van der Waals surface area (Å²) in [5.74, 6) is -0.699. The molecule has 0 saturated heterocycles. The SMILES string of the molecule is O=C(CSc1nc2ccccc2o1)NNC(=O)c1ccccc1-n1cccc1. The highest BCUT2D eigenvalue weighted by atomic mass is 32.2. The van der Waals surface area contributed by atoms with E-state index in [0.29, 0.717) is 16.4 Å². The molecule has 0 bridgehead atoms. The molecule has 2 aromatic carbocycles. The summed E-state index contributed by atoms with van der Waals surface area (Å²) in [6.07, 6.45) is 3.70. The lowest BCUT2D eigenvalue weighted by atomic mass is 10.1. The van der Waals surface area contributed by atoms with Gasteiger partial charge in [0.05, 0.1) is 17.0 Å². The highest BCUT2D eigenvalue weighted by molar-refractivity contribution is 7.99. The topological polar surface area (TPSA) is 89.2 Å². The standard InChI is InChI=1S/C20H16N4O3S/c25-18(13-28-20-21-15-8-2-4-10-17(15)27-20)22-23-19(26)14-7-1-3-9-16(14)24-11-5-6-12-24/h1-12H,13H2,(H,22,25)(H,23,26). The number of benzene rings is 2. The van der Waals surface area contributed by atoms with Gasteiger partial charge in [-0.2, -0.15) is 0 Å². The molecule has 2 N–H and O–H groups in total. The van der Waals surface area contributed by atoms with Gasteiger partial charge in [0.2, 0.25) is 5.91 Å². The lowest BCUT2D eigenvalue weighted by Crippen LogP contribution is -2.42. The molecule has 0 aliphatic carbocycles. The predicted molar refractivity (Wildman–Crippen MR) is 106 cm³/mol. The summed E-state index contributed by atoms with van der Waals surface area (Å²) in [5, 5.41) is 0.403. The molecule has 2 heterocycles. The third kappa shape index (κ3) is 3.91. The Morgan fingerprint density at radius 1 is 0.964 bits per heavy atom. The Bertz CT molecular complexity index is 1090. The first-order chi connectivity index (χ1) is 13.7. The number of nitrogens with one attached hydrogen (secondary N) is 2. The molecule has 0 fully saturated rings. The second-order valence-electron chi connectivity index (χ2n) is 5.85. The van der Waals surface area contributed by atoms with E-state index < -0.39 is 5.91 Å². The number of fused-ring (bicyclic) bond motifs is 1. The Morgan fingerprint density at radius 3 is 2.54 bits per heavy atom. The minimum Gasteiger partial charge on any atom is -0.431 e. The molecular weight excluding hydrogens is 376 g/mol. The molecule has 0 unspecified atom stereocenters. The van der Waals surface area contributed by atoms with Crippen molar-refractivity contribution >= 4 is 34.7 Å². The number of hydrazine groups is 1. The van der Waals surface area contributed by atoms with Crippen LogP contribution in [0.25, 0.3) is 16.8 Å². The van der Waals surface area contributed by atoms with Gasteiger partial charge in [0, 0.05) is 12.4 Å². The van der Waals surface area contributed by atoms with Crippen molar-refractivity contribution in [2.75, 3.05) is 5.75 Å². The average molecular weight is 392 g/mol. The summed E-state index contributed by atoms with van der Waals surface area (Å²) < 4.78 is 7.39. The van der Waals surface area contributed by atoms with E-state index in [1.165, 1.54) is 0 Å². The summed E-state index contributed by atoms with van der Waals surface area (Å²) in [6.45, 7) is 0. The van der Waals surface area contributed by atoms with Crippen molar-refractivity contribution in [3.05, 3.63) is 78.6 Å². The van der Waals surface area contributed by atoms with Crippen molar-refractivity contribution in [2.45, 2.75) is 5.22 Å². The molecule has 2 amide bonds. The van der Waals surface area contributed by atoms with Gasteiger partial charge in [0.15, 0.2) is 5.58 Å². The van der Waals surface area contributed by atoms with E-state index >= 15 is 0 Å². The fraction of sp³-hybridized carbons (Fsp3) is 0.0500. The highest BCUT2D eigenvalue weighted by Gasteiger charge is 2.14. The molecule has 8 heteroatoms. The van der Waals surface area contributed by atoms with E-state index in [9.17, 15) is 9.59 Å². The largest absolute Gasteiger partial charge is 0.431 e. The average Bonchev–Trinajstić information content (AvgIpc) is 3.40. The Labute approximate surface area is 164 Å². The third-order valence-corrected chi connectivity index (χ3v) is 4.78. The van der Waals surface area contributed by atoms with E-state index in [0.717, 1.165) is 23.0 Å². The fourth-order valence-electron chi connectivity index (χ4n) is 2.66. The number of rotatable bonds is 5. The van der Waals surface area contributed by atoms with Crippen LogP contribution in [0.15, 0.2) is 82.7 Å². The maximum atomic E-state index is 12.5. The first kappa shape index (κ1) is 17.9. The van der Waals surface area contributed by atoms with Crippen LogP contribution in [-0.4, -0.2) is 27.1 Å². The van der Waals surface area contributed by atoms with Crippen LogP contribution in [0.1, 0.15) is 10.4 Å². The Morgan fingerprint density at radius 2 is 1.71 bits per heavy atom. The predicted octanol–water partition coefficient (Wildman–Crippen LogP) is 3.17. The van der Waals surface area contributed by atoms with E-state index in [2.05, 4.69) is 15.8 Å². The van der Waals surface area contributed by atoms with Crippen LogP contribution >= 0.6 is 11.8 Å². The molecule has 2 aromatic heterocycles. The molecule has 4 rings (SSSR count). The number of hydrogen-bond donors (Lipinski definition) is 2. The minimum absolute atomic E-state index is 0.0619. The molecule has 4 aromatic rings. The van der Waals surface area contributed by atoms with Crippen molar-refractivity contribution in [2.24, 2.45) is 0 Å². The number of carbonyl (C=O) groups excluding carboxylic acids is 2. The summed E-state index contributed by atoms with van der Waals surface area (Å²) >= 11 is 1.16. The van der Waals surface area contributed by atoms with Crippen molar-refractivity contribution in [3.63, 3.8) is 0 Å². The van der Waals surface area contributed by atoms with Crippen LogP contribution in [0.2, 0.25) is 0 Å². The van der Waals surface area contributed by atoms with E-state index in [1.54, 1.807) is 12.1 Å². The second kappa shape index (κ2) is 8.01. The zero-order valence-electron chi connectivity index (χ0n) is 14.7. The first-order valence-electron chi connectivity index (χ1n) is 8.50. The van der Waals surface area contributed by atoms with Gasteiger partial charge < -0.3 is 8.98 Å². The Hall–Kier alpha value is -3.52. The van der Waals surface area contributed by atoms with Crippen molar-refractivity contribution in [3.8, 4) is 5.69 Å². The zero-order valence-corrected chi connectivity index (χ0v) is 15.5. The van der Waals surface area contributed by atoms with Crippen LogP contribution in [0.3, 0.4) is 0 Å². The smallest absolute Gasteiger partial charge is 0.271 e. The summed E-state index contributed by atoms with van der Waals surface area (Å²) in [7, 11) is 0. The van der Waals surface area contributed by atoms with E-state index in [4.69, 9.17) is 4.42 Å². The summed E-state index contributed by atoms with van der Waals surface area (Å²) in [5.41, 5.74) is 7.44. The number of para-hydroxylation sites is 3. The van der Waals surface area contributed by atoms with Crippen molar-refractivity contribution in [1.82, 2.24) is 20.4 Å². The molecule has 0 radical (unpaired) electrons. The molecular formula is C20H16N4O3S. The van der Waals surface area contributed by atoms with Gasteiger partial charge in [-0.15, -0.1) is 0 Å². The number of aromatic nitrogens is 2. The fourth-order valence-corrected chi connectivity index (χ4v) is 3.29. The molecule has 0 saturated carbocycles. The van der Waals surface area contributed by atoms with Gasteiger partial charge in [0.1, 0.15) is 5.52 Å². The molecule has 0 aliphatic heterocycles. The molecule has 0 spiro atoms. The van der Waals surface area contributed by atoms with Crippen molar-refractivity contribution in [1.29, 1.82) is 0 Å². The normalized spacial score (nSPS) is 10.7. The summed E-state index contributed by atoms with van der Waals surface area (Å²) in [4.78, 5) is 28.8. The van der Waals surface area contributed by atoms with E-state index in [-0.39, 0.29) is 11.7 Å². The molecule has 0 aliphatic rings. The number of thioether (sulfide) groups is 1. The van der Waals surface area contributed by atoms with Crippen LogP contribution in [0.4, 0.5) is 0 Å². The lowest BCUT2D eigenvalue weighted by Gasteiger charge is -2.11. The van der Waals surface area contributed by atoms with Crippen LogP contribution < -0.4 is 10.9 Å². The number of hydrogen-bond acceptors (Lipinski definition) is 5. The van der Waals surface area contributed by atoms with Gasteiger partial charge in [-0.05, 0) is 36.4 Å². The number of oxazole rings is 1. The molecule has 0 atom stereocenters. The van der Waals surface area contributed by atoms with Gasteiger partial charge in [-0.1, -0.05) is 36.0 Å². The number of carbonyl (C=O) groups is 2. The van der Waals surface area contributed by atoms with Crippen LogP contribution in [-0.2, 0) is 4.79 Å². The highest BCUT2D eigenvalue weighted by Crippen LogP contribution is 2.22. The lowest BCUT2D eigenvalue weighted by molar-refractivity contribution is -0.119. The van der Waals surface area contributed by atoms with Gasteiger partial charge >= 0.3 is 0 Å². The van der Waals surface area contributed by atoms with Gasteiger partial charge in [-0.25, -0.2) is 4.98 Å². The van der Waals surface area contributed by atoms with E-state index in [1.807, 2.05) is 65.5 Å². The number of nitrogens with zero attached hydrogens (tertiary/aromatic N) is 2. The van der Waals surface area contributed by atoms with Crippen molar-refractivity contribution < 1.29 is 14.0 Å². The van der Waals surface area contributed by atoms with Gasteiger partial charge in [-0.3, -0.25) is 20.4 Å². The molecule has 28 heavy (non-hydrogen) atoms. The number of amides is 2.